The fourth-order valence-corrected chi connectivity index (χ4v) is 4.15. The van der Waals surface area contributed by atoms with Crippen LogP contribution in [0.5, 0.6) is 0 Å². The summed E-state index contributed by atoms with van der Waals surface area (Å²) in [4.78, 5) is 46.0. The summed E-state index contributed by atoms with van der Waals surface area (Å²) in [6.45, 7) is -0.581. The smallest absolute Gasteiger partial charge is 0.330 e. The normalized spacial score (nSPS) is 27.7. The Hall–Kier alpha value is -1.31. The molecule has 3 N–H and O–H groups in total. The summed E-state index contributed by atoms with van der Waals surface area (Å²) in [5, 5.41) is 0. The molecule has 11 heteroatoms. The van der Waals surface area contributed by atoms with Crippen molar-refractivity contribution >= 4 is 18.3 Å². The second kappa shape index (κ2) is 7.74. The zero-order valence-electron chi connectivity index (χ0n) is 14.5. The Kier molecular flexibility index (Phi) is 6.25. The molecule has 0 aromatic carbocycles. The number of methoxy groups -OCH3 is 1. The molecule has 144 valence electrons. The first kappa shape index (κ1) is 21.0. The zero-order chi connectivity index (χ0) is 19.7. The van der Waals surface area contributed by atoms with Crippen molar-refractivity contribution < 1.29 is 24.0 Å². The number of ether oxygens (including phenoxy) is 3. The minimum Gasteiger partial charge on any atom is -0.382 e. The van der Waals surface area contributed by atoms with Gasteiger partial charge < -0.3 is 24.0 Å². The minimum atomic E-state index is -3.72. The molecule has 1 aromatic rings. The van der Waals surface area contributed by atoms with Crippen LogP contribution in [-0.2, 0) is 26.0 Å². The van der Waals surface area contributed by atoms with Gasteiger partial charge in [-0.05, 0) is 18.7 Å². The highest BCUT2D eigenvalue weighted by Crippen LogP contribution is 2.50. The fraction of sp³-hybridized carbons (Fsp3) is 0.600. The van der Waals surface area contributed by atoms with Crippen LogP contribution >= 0.6 is 6.49 Å². The quantitative estimate of drug-likeness (QED) is 0.444. The third-order valence-electron chi connectivity index (χ3n) is 4.40. The Morgan fingerprint density at radius 2 is 2.27 bits per heavy atom. The summed E-state index contributed by atoms with van der Waals surface area (Å²) in [7, 11) is 1.42. The number of nitrogens with one attached hydrogen (secondary N) is 1. The van der Waals surface area contributed by atoms with Gasteiger partial charge in [0.2, 0.25) is 0 Å². The van der Waals surface area contributed by atoms with Gasteiger partial charge in [0.25, 0.3) is 5.56 Å². The van der Waals surface area contributed by atoms with Crippen molar-refractivity contribution in [3.05, 3.63) is 32.6 Å². The van der Waals surface area contributed by atoms with Crippen molar-refractivity contribution in [1.82, 2.24) is 9.55 Å². The van der Waals surface area contributed by atoms with Crippen LogP contribution in [-0.4, -0.2) is 57.0 Å². The predicted molar refractivity (Wildman–Crippen MR) is 97.6 cm³/mol. The van der Waals surface area contributed by atoms with Gasteiger partial charge in [0.05, 0.1) is 18.9 Å². The molecule has 1 aliphatic rings. The van der Waals surface area contributed by atoms with E-state index in [0.29, 0.717) is 0 Å². The van der Waals surface area contributed by atoms with Gasteiger partial charge in [0, 0.05) is 13.3 Å². The third-order valence-corrected chi connectivity index (χ3v) is 6.83. The Balaban J connectivity index is 2.53. The van der Waals surface area contributed by atoms with Crippen molar-refractivity contribution in [2.45, 2.75) is 37.4 Å². The van der Waals surface area contributed by atoms with Crippen LogP contribution in [0.25, 0.3) is 0 Å². The summed E-state index contributed by atoms with van der Waals surface area (Å²) >= 11 is 4.83. The molecule has 0 saturated carbocycles. The summed E-state index contributed by atoms with van der Waals surface area (Å²) in [5.74, 6) is 2.19. The Morgan fingerprint density at radius 1 is 1.62 bits per heavy atom. The van der Waals surface area contributed by atoms with E-state index in [1.54, 1.807) is 6.92 Å². The molecule has 1 saturated heterocycles. The SMILES string of the molecule is C#Cc1cn(C2OC(COC)(C(C)P(O)(O)=S)COC2C)c(=O)[nH]c1=O. The van der Waals surface area contributed by atoms with Crippen molar-refractivity contribution in [3.63, 3.8) is 0 Å². The van der Waals surface area contributed by atoms with E-state index in [0.717, 1.165) is 4.57 Å². The van der Waals surface area contributed by atoms with Gasteiger partial charge in [0.1, 0.15) is 17.3 Å². The first-order valence-electron chi connectivity index (χ1n) is 7.71. The third kappa shape index (κ3) is 4.00. The van der Waals surface area contributed by atoms with E-state index in [1.165, 1.54) is 20.2 Å². The summed E-state index contributed by atoms with van der Waals surface area (Å²) in [6.07, 6.45) is 4.92. The largest absolute Gasteiger partial charge is 0.382 e. The van der Waals surface area contributed by atoms with Gasteiger partial charge in [-0.25, -0.2) is 4.79 Å². The highest BCUT2D eigenvalue weighted by atomic mass is 32.5. The number of nitrogens with zero attached hydrogens (tertiary/aromatic N) is 1. The molecule has 1 aromatic heterocycles. The monoisotopic (exact) mass is 404 g/mol. The highest BCUT2D eigenvalue weighted by Gasteiger charge is 2.50. The Morgan fingerprint density at radius 3 is 2.81 bits per heavy atom. The van der Waals surface area contributed by atoms with Gasteiger partial charge in [-0.15, -0.1) is 6.42 Å². The number of H-pyrrole nitrogens is 1. The van der Waals surface area contributed by atoms with Crippen LogP contribution in [0, 0.1) is 12.3 Å². The van der Waals surface area contributed by atoms with Crippen LogP contribution in [0.1, 0.15) is 25.6 Å². The zero-order valence-corrected chi connectivity index (χ0v) is 16.3. The van der Waals surface area contributed by atoms with E-state index in [1.807, 2.05) is 0 Å². The second-order valence-electron chi connectivity index (χ2n) is 6.14. The molecule has 4 unspecified atom stereocenters. The molecule has 26 heavy (non-hydrogen) atoms. The average molecular weight is 404 g/mol. The van der Waals surface area contributed by atoms with Crippen molar-refractivity contribution in [1.29, 1.82) is 0 Å². The maximum atomic E-state index is 12.2. The molecule has 1 fully saturated rings. The predicted octanol–water partition coefficient (Wildman–Crippen LogP) is -0.480. The second-order valence-corrected chi connectivity index (χ2v) is 9.71. The van der Waals surface area contributed by atoms with E-state index in [-0.39, 0.29) is 18.8 Å². The molecule has 4 atom stereocenters. The van der Waals surface area contributed by atoms with Crippen LogP contribution in [0.15, 0.2) is 15.8 Å². The molecular formula is C15H21N2O7PS. The van der Waals surface area contributed by atoms with E-state index < -0.39 is 41.3 Å². The lowest BCUT2D eigenvalue weighted by atomic mass is 10.00. The summed E-state index contributed by atoms with van der Waals surface area (Å²) in [5.41, 5.74) is -3.66. The van der Waals surface area contributed by atoms with Crippen molar-refractivity contribution in [2.24, 2.45) is 0 Å². The van der Waals surface area contributed by atoms with Gasteiger partial charge in [-0.3, -0.25) is 14.3 Å². The Bertz CT molecular complexity index is 870. The molecule has 2 rings (SSSR count). The first-order valence-corrected chi connectivity index (χ1v) is 10.5. The molecule has 1 aliphatic heterocycles. The maximum absolute atomic E-state index is 12.2. The van der Waals surface area contributed by atoms with Gasteiger partial charge in [-0.1, -0.05) is 12.8 Å². The Labute approximate surface area is 155 Å². The molecular weight excluding hydrogens is 383 g/mol. The first-order chi connectivity index (χ1) is 12.1. The molecule has 2 heterocycles. The van der Waals surface area contributed by atoms with Gasteiger partial charge >= 0.3 is 5.69 Å². The maximum Gasteiger partial charge on any atom is 0.330 e. The molecule has 9 nitrogen and oxygen atoms in total. The average Bonchev–Trinajstić information content (AvgIpc) is 2.56. The van der Waals surface area contributed by atoms with Gasteiger partial charge in [-0.2, -0.15) is 0 Å². The lowest BCUT2D eigenvalue weighted by molar-refractivity contribution is -0.266. The fourth-order valence-electron chi connectivity index (χ4n) is 2.75. The van der Waals surface area contributed by atoms with E-state index >= 15 is 0 Å². The van der Waals surface area contributed by atoms with Gasteiger partial charge in [0.15, 0.2) is 12.7 Å². The minimum absolute atomic E-state index is 0.0146. The van der Waals surface area contributed by atoms with Crippen LogP contribution in [0.3, 0.4) is 0 Å². The number of hydrogen-bond donors (Lipinski definition) is 3. The number of aromatic amines is 1. The van der Waals surface area contributed by atoms with E-state index in [4.69, 9.17) is 32.4 Å². The van der Waals surface area contributed by atoms with E-state index in [9.17, 15) is 19.4 Å². The molecule has 0 spiro atoms. The number of rotatable bonds is 5. The van der Waals surface area contributed by atoms with Crippen LogP contribution < -0.4 is 11.2 Å². The van der Waals surface area contributed by atoms with Crippen molar-refractivity contribution in [3.8, 4) is 12.3 Å². The van der Waals surface area contributed by atoms with Crippen molar-refractivity contribution in [2.75, 3.05) is 20.3 Å². The topological polar surface area (TPSA) is 123 Å². The standard InChI is InChI=1S/C15H21N2O7PS/c1-5-11-6-17(14(19)16-12(11)18)13-9(2)23-8-15(24-13,7-22-4)10(3)25(20,21)26/h1,6,9-10,13H,7-8H2,2-4H3,(H,16,18,19)(H2,20,21,26). The number of hydrogen-bond acceptors (Lipinski definition) is 6. The molecule has 0 radical (unpaired) electrons. The van der Waals surface area contributed by atoms with Crippen LogP contribution in [0.2, 0.25) is 0 Å². The summed E-state index contributed by atoms with van der Waals surface area (Å²) < 4.78 is 18.1. The van der Waals surface area contributed by atoms with E-state index in [2.05, 4.69) is 10.9 Å². The highest BCUT2D eigenvalue weighted by molar-refractivity contribution is 8.09. The molecule has 0 aliphatic carbocycles. The van der Waals surface area contributed by atoms with Crippen LogP contribution in [0.4, 0.5) is 0 Å². The lowest BCUT2D eigenvalue weighted by Crippen LogP contribution is -2.58. The molecule has 0 amide bonds. The number of terminal acetylenes is 1. The summed E-state index contributed by atoms with van der Waals surface area (Å²) in [6, 6.07) is 0. The molecule has 0 bridgehead atoms. The lowest BCUT2D eigenvalue weighted by Gasteiger charge is -2.47. The number of aromatic nitrogens is 2.